The molecule has 2 rings (SSSR count). The molecule has 0 atom stereocenters. The molecule has 2 aromatic carbocycles. The van der Waals surface area contributed by atoms with Crippen LogP contribution in [0.15, 0.2) is 54.2 Å². The highest BCUT2D eigenvalue weighted by molar-refractivity contribution is 6.32. The highest BCUT2D eigenvalue weighted by atomic mass is 35.5. The van der Waals surface area contributed by atoms with Crippen LogP contribution in [0.25, 0.3) is 0 Å². The van der Waals surface area contributed by atoms with Gasteiger partial charge in [0.15, 0.2) is 18.1 Å². The molecule has 0 spiro atoms. The van der Waals surface area contributed by atoms with Crippen molar-refractivity contribution in [3.8, 4) is 11.5 Å². The molecular formula is C19H18ClN3O5. The first kappa shape index (κ1) is 20.9. The normalized spacial score (nSPS) is 10.5. The fraction of sp³-hybridized carbons (Fsp3) is 0.158. The largest absolute Gasteiger partial charge is 0.493 e. The zero-order valence-corrected chi connectivity index (χ0v) is 15.8. The van der Waals surface area contributed by atoms with Gasteiger partial charge < -0.3 is 9.47 Å². The third-order valence-corrected chi connectivity index (χ3v) is 3.84. The van der Waals surface area contributed by atoms with Crippen molar-refractivity contribution < 1.29 is 19.2 Å². The van der Waals surface area contributed by atoms with E-state index in [1.807, 2.05) is 12.1 Å². The molecule has 0 radical (unpaired) electrons. The molecule has 28 heavy (non-hydrogen) atoms. The van der Waals surface area contributed by atoms with Gasteiger partial charge in [-0.2, -0.15) is 5.10 Å². The smallest absolute Gasteiger partial charge is 0.287 e. The Morgan fingerprint density at radius 1 is 1.32 bits per heavy atom. The maximum absolute atomic E-state index is 11.9. The first-order valence-corrected chi connectivity index (χ1v) is 8.49. The summed E-state index contributed by atoms with van der Waals surface area (Å²) >= 11 is 5.81. The maximum Gasteiger partial charge on any atom is 0.287 e. The van der Waals surface area contributed by atoms with Crippen LogP contribution in [0.3, 0.4) is 0 Å². The number of ether oxygens (including phenoxy) is 2. The molecule has 0 aromatic heterocycles. The molecule has 0 aliphatic rings. The molecule has 0 aliphatic heterocycles. The lowest BCUT2D eigenvalue weighted by molar-refractivity contribution is -0.384. The van der Waals surface area contributed by atoms with Crippen LogP contribution in [0.1, 0.15) is 11.1 Å². The topological polar surface area (TPSA) is 103 Å². The van der Waals surface area contributed by atoms with Gasteiger partial charge in [-0.15, -0.1) is 6.58 Å². The van der Waals surface area contributed by atoms with E-state index in [0.29, 0.717) is 23.5 Å². The Hall–Kier alpha value is -3.39. The number of methoxy groups -OCH3 is 1. The monoisotopic (exact) mass is 403 g/mol. The van der Waals surface area contributed by atoms with E-state index in [2.05, 4.69) is 17.1 Å². The lowest BCUT2D eigenvalue weighted by atomic mass is 10.1. The molecule has 0 saturated heterocycles. The Bertz CT molecular complexity index is 914. The molecule has 1 N–H and O–H groups in total. The van der Waals surface area contributed by atoms with E-state index in [1.54, 1.807) is 12.1 Å². The van der Waals surface area contributed by atoms with Crippen molar-refractivity contribution in [3.63, 3.8) is 0 Å². The zero-order valence-electron chi connectivity index (χ0n) is 15.1. The molecule has 146 valence electrons. The van der Waals surface area contributed by atoms with E-state index in [4.69, 9.17) is 21.1 Å². The SMILES string of the molecule is C=CCc1ccc(OCC(=O)N/N=C/c2ccc([N+](=O)[O-])c(Cl)c2)c(OC)c1. The van der Waals surface area contributed by atoms with E-state index in [9.17, 15) is 14.9 Å². The van der Waals surface area contributed by atoms with Gasteiger partial charge in [0.05, 0.1) is 18.2 Å². The molecule has 0 aliphatic carbocycles. The van der Waals surface area contributed by atoms with Gasteiger partial charge in [0.2, 0.25) is 0 Å². The van der Waals surface area contributed by atoms with Crippen LogP contribution in [0, 0.1) is 10.1 Å². The number of carbonyl (C=O) groups excluding carboxylic acids is 1. The minimum absolute atomic E-state index is 0.0180. The average molecular weight is 404 g/mol. The molecule has 1 amide bonds. The van der Waals surface area contributed by atoms with Crippen molar-refractivity contribution in [2.24, 2.45) is 5.10 Å². The number of rotatable bonds is 9. The van der Waals surface area contributed by atoms with Gasteiger partial charge in [0.25, 0.3) is 11.6 Å². The fourth-order valence-corrected chi connectivity index (χ4v) is 2.49. The second kappa shape index (κ2) is 10.1. The first-order valence-electron chi connectivity index (χ1n) is 8.11. The number of hydrogen-bond acceptors (Lipinski definition) is 6. The second-order valence-electron chi connectivity index (χ2n) is 5.53. The number of carbonyl (C=O) groups is 1. The lowest BCUT2D eigenvalue weighted by Gasteiger charge is -2.11. The summed E-state index contributed by atoms with van der Waals surface area (Å²) in [5.74, 6) is 0.453. The van der Waals surface area contributed by atoms with Crippen molar-refractivity contribution in [1.82, 2.24) is 5.43 Å². The molecule has 8 nitrogen and oxygen atoms in total. The van der Waals surface area contributed by atoms with E-state index in [1.165, 1.54) is 31.5 Å². The average Bonchev–Trinajstić information content (AvgIpc) is 2.67. The van der Waals surface area contributed by atoms with Crippen LogP contribution in [0.2, 0.25) is 5.02 Å². The number of benzene rings is 2. The number of nitrogens with one attached hydrogen (secondary N) is 1. The van der Waals surface area contributed by atoms with Gasteiger partial charge in [-0.1, -0.05) is 23.7 Å². The molecule has 0 heterocycles. The fourth-order valence-electron chi connectivity index (χ4n) is 2.23. The zero-order chi connectivity index (χ0) is 20.5. The summed E-state index contributed by atoms with van der Waals surface area (Å²) < 4.78 is 10.7. The summed E-state index contributed by atoms with van der Waals surface area (Å²) in [6.07, 6.45) is 3.79. The van der Waals surface area contributed by atoms with E-state index in [-0.39, 0.29) is 17.3 Å². The van der Waals surface area contributed by atoms with Crippen LogP contribution in [0.4, 0.5) is 5.69 Å². The molecule has 0 saturated carbocycles. The minimum Gasteiger partial charge on any atom is -0.493 e. The summed E-state index contributed by atoms with van der Waals surface area (Å²) in [7, 11) is 1.51. The lowest BCUT2D eigenvalue weighted by Crippen LogP contribution is -2.24. The Morgan fingerprint density at radius 3 is 2.75 bits per heavy atom. The van der Waals surface area contributed by atoms with Gasteiger partial charge in [-0.25, -0.2) is 5.43 Å². The highest BCUT2D eigenvalue weighted by Crippen LogP contribution is 2.28. The predicted molar refractivity (Wildman–Crippen MR) is 106 cm³/mol. The van der Waals surface area contributed by atoms with Crippen LogP contribution in [0.5, 0.6) is 11.5 Å². The molecule has 0 bridgehead atoms. The Kier molecular flexibility index (Phi) is 7.53. The number of hydrogen-bond donors (Lipinski definition) is 1. The number of allylic oxidation sites excluding steroid dienone is 1. The first-order chi connectivity index (χ1) is 13.4. The van der Waals surface area contributed by atoms with Gasteiger partial charge in [-0.05, 0) is 41.8 Å². The number of amides is 1. The molecule has 0 unspecified atom stereocenters. The van der Waals surface area contributed by atoms with Crippen molar-refractivity contribution in [3.05, 3.63) is 75.3 Å². The number of nitro groups is 1. The number of halogens is 1. The second-order valence-corrected chi connectivity index (χ2v) is 5.94. The number of hydrazone groups is 1. The summed E-state index contributed by atoms with van der Waals surface area (Å²) in [6, 6.07) is 9.48. The molecule has 2 aromatic rings. The van der Waals surface area contributed by atoms with Crippen LogP contribution in [-0.2, 0) is 11.2 Å². The van der Waals surface area contributed by atoms with Crippen molar-refractivity contribution in [1.29, 1.82) is 0 Å². The minimum atomic E-state index is -0.583. The van der Waals surface area contributed by atoms with Crippen LogP contribution < -0.4 is 14.9 Å². The van der Waals surface area contributed by atoms with E-state index >= 15 is 0 Å². The van der Waals surface area contributed by atoms with Gasteiger partial charge in [-0.3, -0.25) is 14.9 Å². The van der Waals surface area contributed by atoms with Gasteiger partial charge in [0, 0.05) is 6.07 Å². The standard InChI is InChI=1S/C19H18ClN3O5/c1-3-4-13-6-8-17(18(10-13)27-2)28-12-19(24)22-21-11-14-5-7-16(23(25)26)15(20)9-14/h3,5-11H,1,4,12H2,2H3,(H,22,24)/b21-11+. The molecule has 0 fully saturated rings. The Morgan fingerprint density at radius 2 is 2.11 bits per heavy atom. The van der Waals surface area contributed by atoms with E-state index in [0.717, 1.165) is 5.56 Å². The maximum atomic E-state index is 11.9. The Balaban J connectivity index is 1.91. The molecule has 9 heteroatoms. The van der Waals surface area contributed by atoms with Crippen LogP contribution in [-0.4, -0.2) is 30.8 Å². The summed E-state index contributed by atoms with van der Waals surface area (Å²) in [4.78, 5) is 22.0. The van der Waals surface area contributed by atoms with E-state index < -0.39 is 10.8 Å². The molecular weight excluding hydrogens is 386 g/mol. The van der Waals surface area contributed by atoms with Crippen molar-refractivity contribution in [2.45, 2.75) is 6.42 Å². The van der Waals surface area contributed by atoms with Crippen LogP contribution >= 0.6 is 11.6 Å². The highest BCUT2D eigenvalue weighted by Gasteiger charge is 2.11. The predicted octanol–water partition coefficient (Wildman–Crippen LogP) is 3.51. The number of nitrogens with zero attached hydrogens (tertiary/aromatic N) is 2. The number of nitro benzene ring substituents is 1. The quantitative estimate of drug-likeness (QED) is 0.298. The Labute approximate surface area is 166 Å². The summed E-state index contributed by atoms with van der Waals surface area (Å²) in [5, 5.41) is 14.5. The van der Waals surface area contributed by atoms with Gasteiger partial charge in [0.1, 0.15) is 5.02 Å². The van der Waals surface area contributed by atoms with Gasteiger partial charge >= 0.3 is 0 Å². The van der Waals surface area contributed by atoms with Crippen molar-refractivity contribution >= 4 is 29.4 Å². The van der Waals surface area contributed by atoms with Crippen molar-refractivity contribution in [2.75, 3.05) is 13.7 Å². The third-order valence-electron chi connectivity index (χ3n) is 3.54. The summed E-state index contributed by atoms with van der Waals surface area (Å²) in [6.45, 7) is 3.42. The summed E-state index contributed by atoms with van der Waals surface area (Å²) in [5.41, 5.74) is 3.60. The third kappa shape index (κ3) is 5.82.